The molecular formula is C31H30ClN3O5. The molecule has 1 saturated carbocycles. The minimum Gasteiger partial charge on any atom is -0.466 e. The molecule has 9 heteroatoms. The molecule has 40 heavy (non-hydrogen) atoms. The van der Waals surface area contributed by atoms with E-state index in [1.165, 1.54) is 19.0 Å². The van der Waals surface area contributed by atoms with Crippen molar-refractivity contribution in [1.29, 1.82) is 0 Å². The number of rotatable bonds is 8. The predicted molar refractivity (Wildman–Crippen MR) is 154 cm³/mol. The highest BCUT2D eigenvalue weighted by Gasteiger charge is 2.36. The number of carbonyl (C=O) groups is 2. The highest BCUT2D eigenvalue weighted by Crippen LogP contribution is 2.42. The lowest BCUT2D eigenvalue weighted by Crippen LogP contribution is -2.45. The van der Waals surface area contributed by atoms with Gasteiger partial charge in [0, 0.05) is 49.4 Å². The number of benzene rings is 2. The zero-order chi connectivity index (χ0) is 27.8. The number of amides is 1. The first-order chi connectivity index (χ1) is 19.4. The fourth-order valence-corrected chi connectivity index (χ4v) is 5.49. The molecule has 1 aliphatic heterocycles. The number of furan rings is 1. The number of esters is 1. The smallest absolute Gasteiger partial charge is 0.306 e. The Morgan fingerprint density at radius 1 is 1.10 bits per heavy atom. The van der Waals surface area contributed by atoms with Crippen molar-refractivity contribution in [3.8, 4) is 11.5 Å². The molecule has 2 aromatic carbocycles. The van der Waals surface area contributed by atoms with Crippen molar-refractivity contribution in [1.82, 2.24) is 4.98 Å². The number of carbonyl (C=O) groups excluding carboxylic acids is 2. The second-order valence-corrected chi connectivity index (χ2v) is 10.5. The third-order valence-electron chi connectivity index (χ3n) is 7.46. The lowest BCUT2D eigenvalue weighted by atomic mass is 10.1. The molecule has 2 aliphatic rings. The molecule has 1 amide bonds. The van der Waals surface area contributed by atoms with Crippen LogP contribution in [-0.4, -0.2) is 42.6 Å². The molecule has 0 bridgehead atoms. The van der Waals surface area contributed by atoms with E-state index >= 15 is 0 Å². The Morgan fingerprint density at radius 2 is 1.90 bits per heavy atom. The third kappa shape index (κ3) is 4.99. The average Bonchev–Trinajstić information content (AvgIpc) is 3.76. The topological polar surface area (TPSA) is 85.1 Å². The number of halogens is 1. The van der Waals surface area contributed by atoms with Gasteiger partial charge in [-0.05, 0) is 56.5 Å². The number of aromatic nitrogens is 1. The maximum atomic E-state index is 13.9. The maximum Gasteiger partial charge on any atom is 0.306 e. The van der Waals surface area contributed by atoms with Crippen molar-refractivity contribution in [3.63, 3.8) is 0 Å². The van der Waals surface area contributed by atoms with Gasteiger partial charge in [0.05, 0.1) is 29.4 Å². The van der Waals surface area contributed by atoms with Crippen molar-refractivity contribution in [2.75, 3.05) is 29.5 Å². The molecule has 0 N–H and O–H groups in total. The second kappa shape index (κ2) is 10.8. The number of fused-ring (bicyclic) bond motifs is 2. The number of anilines is 2. The minimum absolute atomic E-state index is 0.177. The quantitative estimate of drug-likeness (QED) is 0.222. The molecule has 0 spiro atoms. The first-order valence-electron chi connectivity index (χ1n) is 13.6. The van der Waals surface area contributed by atoms with Crippen LogP contribution in [0.5, 0.6) is 11.5 Å². The molecule has 206 valence electrons. The lowest BCUT2D eigenvalue weighted by molar-refractivity contribution is -0.143. The Labute approximate surface area is 237 Å². The van der Waals surface area contributed by atoms with Crippen LogP contribution in [0.4, 0.5) is 11.4 Å². The van der Waals surface area contributed by atoms with Crippen LogP contribution >= 0.6 is 11.6 Å². The van der Waals surface area contributed by atoms with E-state index in [9.17, 15) is 9.59 Å². The second-order valence-electron chi connectivity index (χ2n) is 10.1. The molecule has 6 rings (SSSR count). The molecular weight excluding hydrogens is 530 g/mol. The number of hydrogen-bond donors (Lipinski definition) is 0. The normalized spacial score (nSPS) is 14.8. The van der Waals surface area contributed by atoms with Gasteiger partial charge in [-0.3, -0.25) is 14.6 Å². The summed E-state index contributed by atoms with van der Waals surface area (Å²) in [7, 11) is 0. The number of aryl methyl sites for hydroxylation is 2. The molecule has 8 nitrogen and oxygen atoms in total. The van der Waals surface area contributed by atoms with Crippen LogP contribution in [0.15, 0.2) is 59.3 Å². The number of hydrogen-bond acceptors (Lipinski definition) is 7. The molecule has 0 unspecified atom stereocenters. The summed E-state index contributed by atoms with van der Waals surface area (Å²) in [5.74, 6) is 1.01. The largest absolute Gasteiger partial charge is 0.466 e. The maximum absolute atomic E-state index is 13.9. The van der Waals surface area contributed by atoms with Crippen molar-refractivity contribution in [2.24, 2.45) is 0 Å². The standard InChI is InChI=1S/C31H30ClN3O5/c1-3-38-30(36)11-10-26-19(2)21-16-29(23(32)17-28(21)39-26)40-27-12-13-33-18-22(27)31(37)35-15-14-34(20-8-9-20)24-6-4-5-7-25(24)35/h4-7,12-13,16-18,20H,3,8-11,14-15H2,1-2H3. The van der Waals surface area contributed by atoms with Gasteiger partial charge >= 0.3 is 5.97 Å². The van der Waals surface area contributed by atoms with Gasteiger partial charge in [-0.25, -0.2) is 0 Å². The van der Waals surface area contributed by atoms with E-state index in [1.807, 2.05) is 31.2 Å². The van der Waals surface area contributed by atoms with E-state index in [4.69, 9.17) is 25.5 Å². The van der Waals surface area contributed by atoms with E-state index in [-0.39, 0.29) is 18.3 Å². The molecule has 4 aromatic rings. The number of ether oxygens (including phenoxy) is 2. The van der Waals surface area contributed by atoms with Gasteiger partial charge in [0.2, 0.25) is 0 Å². The van der Waals surface area contributed by atoms with Gasteiger partial charge in [0.25, 0.3) is 5.91 Å². The van der Waals surface area contributed by atoms with Crippen molar-refractivity contribution in [3.05, 3.63) is 76.8 Å². The van der Waals surface area contributed by atoms with Crippen LogP contribution < -0.4 is 14.5 Å². The monoisotopic (exact) mass is 559 g/mol. The predicted octanol–water partition coefficient (Wildman–Crippen LogP) is 6.71. The van der Waals surface area contributed by atoms with Crippen LogP contribution in [0.1, 0.15) is 47.9 Å². The summed E-state index contributed by atoms with van der Waals surface area (Å²) in [6.45, 7) is 5.42. The number of para-hydroxylation sites is 2. The van der Waals surface area contributed by atoms with Gasteiger partial charge < -0.3 is 23.7 Å². The van der Waals surface area contributed by atoms with E-state index in [2.05, 4.69) is 16.0 Å². The van der Waals surface area contributed by atoms with Crippen LogP contribution in [-0.2, 0) is 16.0 Å². The first kappa shape index (κ1) is 26.2. The zero-order valence-corrected chi connectivity index (χ0v) is 23.2. The Kier molecular flexibility index (Phi) is 7.11. The van der Waals surface area contributed by atoms with Crippen LogP contribution in [0.2, 0.25) is 5.02 Å². The summed E-state index contributed by atoms with van der Waals surface area (Å²) in [5.41, 5.74) is 3.83. The lowest BCUT2D eigenvalue weighted by Gasteiger charge is -2.38. The Bertz CT molecular complexity index is 1600. The summed E-state index contributed by atoms with van der Waals surface area (Å²) in [6.07, 6.45) is 6.16. The Hall–Kier alpha value is -4.04. The fraction of sp³-hybridized carbons (Fsp3) is 0.323. The van der Waals surface area contributed by atoms with Crippen LogP contribution in [0.25, 0.3) is 11.0 Å². The molecule has 0 radical (unpaired) electrons. The van der Waals surface area contributed by atoms with Gasteiger partial charge in [-0.1, -0.05) is 23.7 Å². The SMILES string of the molecule is CCOC(=O)CCc1oc2cc(Cl)c(Oc3ccncc3C(=O)N3CCN(C4CC4)c4ccccc43)cc2c1C. The van der Waals surface area contributed by atoms with Crippen molar-refractivity contribution < 1.29 is 23.5 Å². The van der Waals surface area contributed by atoms with E-state index < -0.39 is 0 Å². The Balaban J connectivity index is 1.28. The van der Waals surface area contributed by atoms with Crippen molar-refractivity contribution in [2.45, 2.75) is 45.6 Å². The number of nitrogens with zero attached hydrogens (tertiary/aromatic N) is 3. The average molecular weight is 560 g/mol. The summed E-state index contributed by atoms with van der Waals surface area (Å²) in [6, 6.07) is 13.8. The van der Waals surface area contributed by atoms with Gasteiger partial charge in [0.1, 0.15) is 28.4 Å². The van der Waals surface area contributed by atoms with Gasteiger partial charge in [-0.15, -0.1) is 0 Å². The molecule has 0 saturated heterocycles. The van der Waals surface area contributed by atoms with E-state index in [0.717, 1.165) is 28.9 Å². The molecule has 3 heterocycles. The van der Waals surface area contributed by atoms with Crippen molar-refractivity contribution >= 4 is 45.8 Å². The first-order valence-corrected chi connectivity index (χ1v) is 14.0. The third-order valence-corrected chi connectivity index (χ3v) is 7.76. The minimum atomic E-state index is -0.268. The van der Waals surface area contributed by atoms with Crippen LogP contribution in [0, 0.1) is 6.92 Å². The number of pyridine rings is 1. The fourth-order valence-electron chi connectivity index (χ4n) is 5.29. The highest BCUT2D eigenvalue weighted by molar-refractivity contribution is 6.32. The summed E-state index contributed by atoms with van der Waals surface area (Å²) < 4.78 is 17.3. The van der Waals surface area contributed by atoms with Crippen LogP contribution in [0.3, 0.4) is 0 Å². The molecule has 1 aliphatic carbocycles. The summed E-state index contributed by atoms with van der Waals surface area (Å²) in [4.78, 5) is 34.2. The Morgan fingerprint density at radius 3 is 2.67 bits per heavy atom. The molecule has 0 atom stereocenters. The zero-order valence-electron chi connectivity index (χ0n) is 22.5. The van der Waals surface area contributed by atoms with Gasteiger partial charge in [0.15, 0.2) is 0 Å². The van der Waals surface area contributed by atoms with Gasteiger partial charge in [-0.2, -0.15) is 0 Å². The van der Waals surface area contributed by atoms with E-state index in [1.54, 1.807) is 30.2 Å². The molecule has 2 aromatic heterocycles. The highest BCUT2D eigenvalue weighted by atomic mass is 35.5. The molecule has 1 fully saturated rings. The summed E-state index contributed by atoms with van der Waals surface area (Å²) >= 11 is 6.61. The van der Waals surface area contributed by atoms with E-state index in [0.29, 0.717) is 59.0 Å². The summed E-state index contributed by atoms with van der Waals surface area (Å²) in [5, 5.41) is 1.17.